The van der Waals surface area contributed by atoms with Crippen LogP contribution >= 0.6 is 11.6 Å². The predicted molar refractivity (Wildman–Crippen MR) is 62.0 cm³/mol. The van der Waals surface area contributed by atoms with Gasteiger partial charge in [0.15, 0.2) is 0 Å². The molecule has 0 spiro atoms. The van der Waals surface area contributed by atoms with Crippen LogP contribution in [-0.4, -0.2) is 23.9 Å². The van der Waals surface area contributed by atoms with Crippen LogP contribution in [0, 0.1) is 22.0 Å². The number of halogens is 1. The quantitative estimate of drug-likeness (QED) is 0.266. The maximum atomic E-state index is 11.2. The lowest BCUT2D eigenvalue weighted by Crippen LogP contribution is -2.03. The molecule has 1 aromatic carbocycles. The van der Waals surface area contributed by atoms with Crippen LogP contribution < -0.4 is 0 Å². The Kier molecular flexibility index (Phi) is 4.49. The summed E-state index contributed by atoms with van der Waals surface area (Å²) in [6.45, 7) is 0. The third-order valence-corrected chi connectivity index (χ3v) is 2.04. The number of hydrogen-bond donors (Lipinski definition) is 0. The van der Waals surface area contributed by atoms with Crippen molar-refractivity contribution in [1.29, 1.82) is 0 Å². The zero-order chi connectivity index (χ0) is 12.8. The van der Waals surface area contributed by atoms with Crippen molar-refractivity contribution in [3.05, 3.63) is 39.4 Å². The Labute approximate surface area is 102 Å². The second kappa shape index (κ2) is 5.87. The van der Waals surface area contributed by atoms with Gasteiger partial charge in [-0.3, -0.25) is 10.1 Å². The largest absolute Gasteiger partial charge is 0.465 e. The summed E-state index contributed by atoms with van der Waals surface area (Å²) in [6, 6.07) is 3.94. The summed E-state index contributed by atoms with van der Waals surface area (Å²) in [6.07, 6.45) is 0. The monoisotopic (exact) mass is 253 g/mol. The Balaban J connectivity index is 3.26. The standard InChI is InChI=1S/C11H8ClNO4/c1-17-11(14)9-5-4-8(3-2-6-12)10(7-9)13(15)16/h4-5,7H,6H2,1H3. The van der Waals surface area contributed by atoms with Crippen molar-refractivity contribution in [2.45, 2.75) is 0 Å². The van der Waals surface area contributed by atoms with Gasteiger partial charge in [0.25, 0.3) is 5.69 Å². The molecule has 0 bridgehead atoms. The molecule has 5 nitrogen and oxygen atoms in total. The molecule has 1 aromatic rings. The van der Waals surface area contributed by atoms with Gasteiger partial charge in [-0.15, -0.1) is 11.6 Å². The van der Waals surface area contributed by atoms with Gasteiger partial charge in [-0.2, -0.15) is 0 Å². The minimum Gasteiger partial charge on any atom is -0.465 e. The third-order valence-electron chi connectivity index (χ3n) is 1.91. The van der Waals surface area contributed by atoms with E-state index in [9.17, 15) is 14.9 Å². The molecule has 0 unspecified atom stereocenters. The van der Waals surface area contributed by atoms with Crippen molar-refractivity contribution in [1.82, 2.24) is 0 Å². The number of carbonyl (C=O) groups excluding carboxylic acids is 1. The molecule has 0 aliphatic rings. The van der Waals surface area contributed by atoms with E-state index in [-0.39, 0.29) is 22.7 Å². The summed E-state index contributed by atoms with van der Waals surface area (Å²) in [7, 11) is 1.20. The summed E-state index contributed by atoms with van der Waals surface area (Å²) < 4.78 is 4.47. The summed E-state index contributed by atoms with van der Waals surface area (Å²) in [5.74, 6) is 4.51. The molecule has 0 atom stereocenters. The van der Waals surface area contributed by atoms with E-state index < -0.39 is 10.9 Å². The molecule has 0 N–H and O–H groups in total. The molecule has 0 amide bonds. The molecule has 1 rings (SSSR count). The van der Waals surface area contributed by atoms with E-state index in [1.165, 1.54) is 19.2 Å². The second-order valence-corrected chi connectivity index (χ2v) is 3.18. The SMILES string of the molecule is COC(=O)c1ccc(C#CCCl)c([N+](=O)[O-])c1. The van der Waals surface area contributed by atoms with Crippen LogP contribution in [-0.2, 0) is 4.74 Å². The van der Waals surface area contributed by atoms with Crippen LogP contribution in [0.5, 0.6) is 0 Å². The number of alkyl halides is 1. The Morgan fingerprint density at radius 3 is 2.82 bits per heavy atom. The molecule has 0 saturated carbocycles. The van der Waals surface area contributed by atoms with Gasteiger partial charge in [-0.1, -0.05) is 11.8 Å². The first-order valence-electron chi connectivity index (χ1n) is 4.51. The highest BCUT2D eigenvalue weighted by Gasteiger charge is 2.16. The van der Waals surface area contributed by atoms with Crippen molar-refractivity contribution < 1.29 is 14.5 Å². The fraction of sp³-hybridized carbons (Fsp3) is 0.182. The number of benzene rings is 1. The number of ether oxygens (including phenoxy) is 1. The molecule has 0 aromatic heterocycles. The zero-order valence-electron chi connectivity index (χ0n) is 8.90. The number of nitro benzene ring substituents is 1. The lowest BCUT2D eigenvalue weighted by atomic mass is 10.1. The van der Waals surface area contributed by atoms with E-state index in [0.29, 0.717) is 0 Å². The minimum atomic E-state index is -0.634. The number of esters is 1. The number of carbonyl (C=O) groups is 1. The smallest absolute Gasteiger partial charge is 0.338 e. The second-order valence-electron chi connectivity index (χ2n) is 2.92. The number of hydrogen-bond acceptors (Lipinski definition) is 4. The third kappa shape index (κ3) is 3.20. The fourth-order valence-corrected chi connectivity index (χ4v) is 1.23. The molecule has 17 heavy (non-hydrogen) atoms. The summed E-state index contributed by atoms with van der Waals surface area (Å²) in [5.41, 5.74) is 0.0736. The zero-order valence-corrected chi connectivity index (χ0v) is 9.65. The molecule has 0 radical (unpaired) electrons. The maximum Gasteiger partial charge on any atom is 0.338 e. The number of methoxy groups -OCH3 is 1. The highest BCUT2D eigenvalue weighted by Crippen LogP contribution is 2.20. The van der Waals surface area contributed by atoms with Gasteiger partial charge in [0.1, 0.15) is 5.56 Å². The molecule has 0 heterocycles. The van der Waals surface area contributed by atoms with Crippen molar-refractivity contribution in [2.75, 3.05) is 13.0 Å². The first-order chi connectivity index (χ1) is 8.10. The van der Waals surface area contributed by atoms with E-state index in [4.69, 9.17) is 11.6 Å². The Morgan fingerprint density at radius 2 is 2.29 bits per heavy atom. The van der Waals surface area contributed by atoms with Gasteiger partial charge in [0, 0.05) is 6.07 Å². The first kappa shape index (κ1) is 13.0. The Morgan fingerprint density at radius 1 is 1.59 bits per heavy atom. The van der Waals surface area contributed by atoms with E-state index in [0.717, 1.165) is 6.07 Å². The van der Waals surface area contributed by atoms with Gasteiger partial charge >= 0.3 is 5.97 Å². The summed E-state index contributed by atoms with van der Waals surface area (Å²) >= 11 is 5.37. The number of rotatable bonds is 2. The molecule has 0 aliphatic carbocycles. The van der Waals surface area contributed by atoms with Crippen LogP contribution in [0.15, 0.2) is 18.2 Å². The maximum absolute atomic E-state index is 11.2. The van der Waals surface area contributed by atoms with Crippen LogP contribution in [0.25, 0.3) is 0 Å². The molecule has 0 fully saturated rings. The average molecular weight is 254 g/mol. The van der Waals surface area contributed by atoms with Crippen LogP contribution in [0.1, 0.15) is 15.9 Å². The Bertz CT molecular complexity index is 516. The van der Waals surface area contributed by atoms with E-state index in [1.54, 1.807) is 0 Å². The van der Waals surface area contributed by atoms with Crippen LogP contribution in [0.3, 0.4) is 0 Å². The van der Waals surface area contributed by atoms with Gasteiger partial charge in [-0.25, -0.2) is 4.79 Å². The van der Waals surface area contributed by atoms with Crippen LogP contribution in [0.2, 0.25) is 0 Å². The number of nitrogens with zero attached hydrogens (tertiary/aromatic N) is 1. The average Bonchev–Trinajstić information content (AvgIpc) is 2.35. The molecule has 0 saturated heterocycles. The summed E-state index contributed by atoms with van der Waals surface area (Å²) in [5, 5.41) is 10.8. The molecular weight excluding hydrogens is 246 g/mol. The Hall–Kier alpha value is -2.06. The van der Waals surface area contributed by atoms with Gasteiger partial charge in [0.2, 0.25) is 0 Å². The van der Waals surface area contributed by atoms with Crippen molar-refractivity contribution in [2.24, 2.45) is 0 Å². The highest BCUT2D eigenvalue weighted by molar-refractivity contribution is 6.19. The first-order valence-corrected chi connectivity index (χ1v) is 5.05. The molecule has 6 heteroatoms. The van der Waals surface area contributed by atoms with Crippen molar-refractivity contribution in [3.8, 4) is 11.8 Å². The lowest BCUT2D eigenvalue weighted by molar-refractivity contribution is -0.385. The predicted octanol–water partition coefficient (Wildman–Crippen LogP) is 1.97. The van der Waals surface area contributed by atoms with Gasteiger partial charge < -0.3 is 4.74 Å². The van der Waals surface area contributed by atoms with E-state index in [2.05, 4.69) is 16.6 Å². The van der Waals surface area contributed by atoms with Crippen molar-refractivity contribution in [3.63, 3.8) is 0 Å². The van der Waals surface area contributed by atoms with Crippen molar-refractivity contribution >= 4 is 23.3 Å². The van der Waals surface area contributed by atoms with E-state index in [1.807, 2.05) is 0 Å². The number of nitro groups is 1. The topological polar surface area (TPSA) is 69.4 Å². The van der Waals surface area contributed by atoms with Crippen LogP contribution in [0.4, 0.5) is 5.69 Å². The summed E-state index contributed by atoms with van der Waals surface area (Å²) in [4.78, 5) is 21.4. The molecule has 0 aliphatic heterocycles. The minimum absolute atomic E-state index is 0.0793. The molecular formula is C11H8ClNO4. The van der Waals surface area contributed by atoms with Gasteiger partial charge in [0.05, 0.1) is 23.5 Å². The normalized spacial score (nSPS) is 9.06. The lowest BCUT2D eigenvalue weighted by Gasteiger charge is -2.00. The molecule has 88 valence electrons. The van der Waals surface area contributed by atoms with E-state index >= 15 is 0 Å². The van der Waals surface area contributed by atoms with Gasteiger partial charge in [-0.05, 0) is 12.1 Å². The highest BCUT2D eigenvalue weighted by atomic mass is 35.5. The fourth-order valence-electron chi connectivity index (χ4n) is 1.16.